The first-order valence-electron chi connectivity index (χ1n) is 10.8. The third-order valence-electron chi connectivity index (χ3n) is 5.22. The molecule has 2 N–H and O–H groups in total. The highest BCUT2D eigenvalue weighted by Gasteiger charge is 2.14. The van der Waals surface area contributed by atoms with Gasteiger partial charge >= 0.3 is 0 Å². The Morgan fingerprint density at radius 2 is 1.77 bits per heavy atom. The number of carbonyl (C=O) groups excluding carboxylic acids is 2. The number of nitrogens with zero attached hydrogens (tertiary/aromatic N) is 2. The van der Waals surface area contributed by atoms with Gasteiger partial charge in [-0.3, -0.25) is 14.4 Å². The Morgan fingerprint density at radius 1 is 1.00 bits per heavy atom. The molecule has 0 radical (unpaired) electrons. The molecule has 9 heteroatoms. The van der Waals surface area contributed by atoms with Gasteiger partial charge in [-0.1, -0.05) is 18.2 Å². The first kappa shape index (κ1) is 23.5. The number of nitrogens with one attached hydrogen (secondary N) is 2. The Labute approximate surface area is 201 Å². The molecule has 0 saturated carbocycles. The van der Waals surface area contributed by atoms with E-state index < -0.39 is 0 Å². The van der Waals surface area contributed by atoms with E-state index in [0.717, 1.165) is 0 Å². The SMILES string of the molecule is COc1cccc(NC(=O)COc2ccc(C(=O)N(C)Cc3nc4ccccc4c(=O)[nH]3)cc2)c1. The summed E-state index contributed by atoms with van der Waals surface area (Å²) in [6.45, 7) is -0.0486. The number of carbonyl (C=O) groups is 2. The molecule has 0 aliphatic carbocycles. The van der Waals surface area contributed by atoms with Crippen molar-refractivity contribution in [1.82, 2.24) is 14.9 Å². The summed E-state index contributed by atoms with van der Waals surface area (Å²) in [5.41, 5.74) is 1.36. The molecule has 1 aromatic heterocycles. The van der Waals surface area contributed by atoms with Crippen molar-refractivity contribution in [3.63, 3.8) is 0 Å². The van der Waals surface area contributed by atoms with Crippen LogP contribution in [0.4, 0.5) is 5.69 Å². The van der Waals surface area contributed by atoms with Crippen LogP contribution in [0.5, 0.6) is 11.5 Å². The predicted molar refractivity (Wildman–Crippen MR) is 132 cm³/mol. The van der Waals surface area contributed by atoms with Gasteiger partial charge in [0.1, 0.15) is 17.3 Å². The van der Waals surface area contributed by atoms with Gasteiger partial charge in [0.2, 0.25) is 0 Å². The summed E-state index contributed by atoms with van der Waals surface area (Å²) in [5.74, 6) is 0.909. The molecule has 4 aromatic rings. The Balaban J connectivity index is 1.33. The van der Waals surface area contributed by atoms with E-state index >= 15 is 0 Å². The van der Waals surface area contributed by atoms with Crippen LogP contribution in [0, 0.1) is 0 Å². The van der Waals surface area contributed by atoms with E-state index in [9.17, 15) is 14.4 Å². The van der Waals surface area contributed by atoms with Gasteiger partial charge in [-0.25, -0.2) is 4.98 Å². The maximum atomic E-state index is 12.8. The zero-order valence-corrected chi connectivity index (χ0v) is 19.3. The average molecular weight is 473 g/mol. The van der Waals surface area contributed by atoms with Crippen LogP contribution in [-0.2, 0) is 11.3 Å². The van der Waals surface area contributed by atoms with Crippen LogP contribution in [0.25, 0.3) is 10.9 Å². The Hall–Kier alpha value is -4.66. The highest BCUT2D eigenvalue weighted by atomic mass is 16.5. The summed E-state index contributed by atoms with van der Waals surface area (Å²) in [6.07, 6.45) is 0. The highest BCUT2D eigenvalue weighted by Crippen LogP contribution is 2.17. The lowest BCUT2D eigenvalue weighted by atomic mass is 10.2. The number of rotatable bonds is 8. The second-order valence-corrected chi connectivity index (χ2v) is 7.78. The summed E-state index contributed by atoms with van der Waals surface area (Å²) in [4.78, 5) is 45.9. The summed E-state index contributed by atoms with van der Waals surface area (Å²) in [7, 11) is 3.18. The molecule has 0 saturated heterocycles. The van der Waals surface area contributed by atoms with Crippen LogP contribution < -0.4 is 20.3 Å². The highest BCUT2D eigenvalue weighted by molar-refractivity contribution is 5.94. The second kappa shape index (κ2) is 10.5. The first-order valence-corrected chi connectivity index (χ1v) is 10.8. The number of aromatic amines is 1. The van der Waals surface area contributed by atoms with E-state index in [1.165, 1.54) is 4.90 Å². The fourth-order valence-corrected chi connectivity index (χ4v) is 3.47. The largest absolute Gasteiger partial charge is 0.497 e. The monoisotopic (exact) mass is 472 g/mol. The van der Waals surface area contributed by atoms with E-state index in [4.69, 9.17) is 9.47 Å². The smallest absolute Gasteiger partial charge is 0.262 e. The number of hydrogen-bond donors (Lipinski definition) is 2. The summed E-state index contributed by atoms with van der Waals surface area (Å²) in [6, 6.07) is 20.5. The summed E-state index contributed by atoms with van der Waals surface area (Å²) < 4.78 is 10.7. The molecule has 2 amide bonds. The minimum absolute atomic E-state index is 0.140. The number of methoxy groups -OCH3 is 1. The van der Waals surface area contributed by atoms with E-state index in [1.54, 1.807) is 87.0 Å². The predicted octanol–water partition coefficient (Wildman–Crippen LogP) is 3.22. The second-order valence-electron chi connectivity index (χ2n) is 7.78. The fraction of sp³-hybridized carbons (Fsp3) is 0.154. The van der Waals surface area contributed by atoms with Crippen LogP contribution in [0.15, 0.2) is 77.6 Å². The molecule has 0 fully saturated rings. The van der Waals surface area contributed by atoms with Crippen LogP contribution >= 0.6 is 0 Å². The number of amides is 2. The molecule has 0 spiro atoms. The number of hydrogen-bond acceptors (Lipinski definition) is 6. The van der Waals surface area contributed by atoms with E-state index in [2.05, 4.69) is 15.3 Å². The summed E-state index contributed by atoms with van der Waals surface area (Å²) >= 11 is 0. The van der Waals surface area contributed by atoms with Crippen LogP contribution in [-0.4, -0.2) is 47.4 Å². The van der Waals surface area contributed by atoms with Crippen LogP contribution in [0.3, 0.4) is 0 Å². The number of anilines is 1. The zero-order valence-electron chi connectivity index (χ0n) is 19.3. The molecule has 0 bridgehead atoms. The fourth-order valence-electron chi connectivity index (χ4n) is 3.47. The van der Waals surface area contributed by atoms with Crippen molar-refractivity contribution in [3.05, 3.63) is 94.5 Å². The molecule has 0 atom stereocenters. The Kier molecular flexibility index (Phi) is 7.06. The lowest BCUT2D eigenvalue weighted by molar-refractivity contribution is -0.118. The standard InChI is InChI=1S/C26H24N4O5/c1-30(15-23-28-22-9-4-3-8-21(22)25(32)29-23)26(33)17-10-12-19(13-11-17)35-16-24(31)27-18-6-5-7-20(14-18)34-2/h3-14H,15-16H2,1-2H3,(H,27,31)(H,28,29,32). The molecule has 9 nitrogen and oxygen atoms in total. The van der Waals surface area contributed by atoms with Gasteiger partial charge in [-0.15, -0.1) is 0 Å². The van der Waals surface area contributed by atoms with Gasteiger partial charge in [0.05, 0.1) is 24.6 Å². The van der Waals surface area contributed by atoms with Gasteiger partial charge in [-0.05, 0) is 48.5 Å². The van der Waals surface area contributed by atoms with Crippen LogP contribution in [0.1, 0.15) is 16.2 Å². The van der Waals surface area contributed by atoms with E-state index in [-0.39, 0.29) is 30.5 Å². The van der Waals surface area contributed by atoms with E-state index in [1.807, 2.05) is 0 Å². The topological polar surface area (TPSA) is 114 Å². The molecular formula is C26H24N4O5. The molecule has 0 aliphatic heterocycles. The number of aromatic nitrogens is 2. The summed E-state index contributed by atoms with van der Waals surface area (Å²) in [5, 5.41) is 3.23. The Bertz CT molecular complexity index is 1420. The Morgan fingerprint density at radius 3 is 2.54 bits per heavy atom. The zero-order chi connectivity index (χ0) is 24.8. The van der Waals surface area contributed by atoms with Crippen molar-refractivity contribution in [2.45, 2.75) is 6.54 Å². The lowest BCUT2D eigenvalue weighted by Crippen LogP contribution is -2.28. The van der Waals surface area contributed by atoms with Crippen molar-refractivity contribution in [1.29, 1.82) is 0 Å². The third kappa shape index (κ3) is 5.83. The number of fused-ring (bicyclic) bond motifs is 1. The molecule has 4 rings (SSSR count). The number of ether oxygens (including phenoxy) is 2. The van der Waals surface area contributed by atoms with Gasteiger partial charge in [0, 0.05) is 24.4 Å². The molecule has 3 aromatic carbocycles. The van der Waals surface area contributed by atoms with Crippen molar-refractivity contribution < 1.29 is 19.1 Å². The van der Waals surface area contributed by atoms with Crippen molar-refractivity contribution in [2.75, 3.05) is 26.1 Å². The average Bonchev–Trinajstić information content (AvgIpc) is 2.87. The maximum absolute atomic E-state index is 12.8. The minimum atomic E-state index is -0.324. The maximum Gasteiger partial charge on any atom is 0.262 e. The molecule has 1 heterocycles. The molecule has 178 valence electrons. The van der Waals surface area contributed by atoms with Gasteiger partial charge < -0.3 is 24.7 Å². The van der Waals surface area contributed by atoms with E-state index in [0.29, 0.717) is 39.5 Å². The van der Waals surface area contributed by atoms with Crippen molar-refractivity contribution in [2.24, 2.45) is 0 Å². The molecule has 0 unspecified atom stereocenters. The quantitative estimate of drug-likeness (QED) is 0.407. The van der Waals surface area contributed by atoms with Gasteiger partial charge in [0.25, 0.3) is 17.4 Å². The molecular weight excluding hydrogens is 448 g/mol. The minimum Gasteiger partial charge on any atom is -0.497 e. The molecule has 0 aliphatic rings. The number of para-hydroxylation sites is 1. The van der Waals surface area contributed by atoms with Gasteiger partial charge in [-0.2, -0.15) is 0 Å². The molecule has 35 heavy (non-hydrogen) atoms. The normalized spacial score (nSPS) is 10.6. The third-order valence-corrected chi connectivity index (χ3v) is 5.22. The van der Waals surface area contributed by atoms with Crippen molar-refractivity contribution >= 4 is 28.4 Å². The number of benzene rings is 3. The van der Waals surface area contributed by atoms with Crippen molar-refractivity contribution in [3.8, 4) is 11.5 Å². The van der Waals surface area contributed by atoms with Crippen LogP contribution in [0.2, 0.25) is 0 Å². The number of H-pyrrole nitrogens is 1. The first-order chi connectivity index (χ1) is 16.9. The van der Waals surface area contributed by atoms with Gasteiger partial charge in [0.15, 0.2) is 6.61 Å². The lowest BCUT2D eigenvalue weighted by Gasteiger charge is -2.17.